The number of para-hydroxylation sites is 1. The monoisotopic (exact) mass is 349 g/mol. The minimum atomic E-state index is -0.374. The fourth-order valence-corrected chi connectivity index (χ4v) is 2.77. The van der Waals surface area contributed by atoms with Crippen molar-refractivity contribution in [2.45, 2.75) is 12.7 Å². The van der Waals surface area contributed by atoms with Gasteiger partial charge in [0.2, 0.25) is 0 Å². The summed E-state index contributed by atoms with van der Waals surface area (Å²) < 4.78 is 23.9. The van der Waals surface area contributed by atoms with E-state index in [0.29, 0.717) is 36.0 Å². The zero-order valence-corrected chi connectivity index (χ0v) is 13.9. The van der Waals surface area contributed by atoms with E-state index in [1.807, 2.05) is 6.07 Å². The average molecular weight is 350 g/mol. The molecule has 6 heteroatoms. The summed E-state index contributed by atoms with van der Waals surface area (Å²) in [4.78, 5) is 14.1. The quantitative estimate of drug-likeness (QED) is 0.829. The van der Waals surface area contributed by atoms with Gasteiger partial charge in [0.1, 0.15) is 11.6 Å². The van der Waals surface area contributed by atoms with Gasteiger partial charge in [-0.25, -0.2) is 4.39 Å². The minimum Gasteiger partial charge on any atom is -0.496 e. The zero-order valence-electron chi connectivity index (χ0n) is 13.2. The number of nitrogens with zero attached hydrogens (tertiary/aromatic N) is 1. The number of hydrogen-bond acceptors (Lipinski definition) is 3. The molecule has 0 radical (unpaired) electrons. The number of likely N-dealkylation sites (tertiary alicyclic amines) is 1. The van der Waals surface area contributed by atoms with Gasteiger partial charge in [-0.1, -0.05) is 29.8 Å². The molecule has 1 saturated heterocycles. The van der Waals surface area contributed by atoms with Crippen LogP contribution in [0.2, 0.25) is 5.02 Å². The Morgan fingerprint density at radius 2 is 2.04 bits per heavy atom. The topological polar surface area (TPSA) is 38.8 Å². The molecule has 4 nitrogen and oxygen atoms in total. The summed E-state index contributed by atoms with van der Waals surface area (Å²) in [5.41, 5.74) is 1.27. The van der Waals surface area contributed by atoms with Gasteiger partial charge in [-0.05, 0) is 29.8 Å². The smallest absolute Gasteiger partial charge is 0.257 e. The Morgan fingerprint density at radius 1 is 1.29 bits per heavy atom. The van der Waals surface area contributed by atoms with Crippen LogP contribution < -0.4 is 4.74 Å². The number of carbonyl (C=O) groups is 1. The Bertz CT molecular complexity index is 747. The molecule has 1 aliphatic heterocycles. The first-order valence-electron chi connectivity index (χ1n) is 7.56. The lowest BCUT2D eigenvalue weighted by atomic mass is 10.1. The van der Waals surface area contributed by atoms with E-state index in [-0.39, 0.29) is 17.8 Å². The van der Waals surface area contributed by atoms with Crippen LogP contribution in [0.15, 0.2) is 42.5 Å². The Kier molecular flexibility index (Phi) is 5.02. The highest BCUT2D eigenvalue weighted by Gasteiger charge is 2.33. The van der Waals surface area contributed by atoms with Gasteiger partial charge in [0, 0.05) is 18.1 Å². The molecule has 0 bridgehead atoms. The highest BCUT2D eigenvalue weighted by Crippen LogP contribution is 2.24. The zero-order chi connectivity index (χ0) is 17.1. The molecule has 1 heterocycles. The number of benzene rings is 2. The largest absolute Gasteiger partial charge is 0.496 e. The number of hydrogen-bond donors (Lipinski definition) is 0. The van der Waals surface area contributed by atoms with Crippen molar-refractivity contribution in [3.63, 3.8) is 0 Å². The second-order valence-electron chi connectivity index (χ2n) is 5.58. The number of rotatable bonds is 5. The second-order valence-corrected chi connectivity index (χ2v) is 5.99. The fourth-order valence-electron chi connectivity index (χ4n) is 2.55. The van der Waals surface area contributed by atoms with Gasteiger partial charge in [0.25, 0.3) is 5.91 Å². The summed E-state index contributed by atoms with van der Waals surface area (Å²) in [5.74, 6) is 0.109. The van der Waals surface area contributed by atoms with Crippen LogP contribution in [0.1, 0.15) is 15.9 Å². The van der Waals surface area contributed by atoms with Crippen molar-refractivity contribution in [1.82, 2.24) is 4.90 Å². The van der Waals surface area contributed by atoms with E-state index < -0.39 is 0 Å². The maximum absolute atomic E-state index is 13.0. The van der Waals surface area contributed by atoms with E-state index in [1.165, 1.54) is 12.1 Å². The van der Waals surface area contributed by atoms with Crippen LogP contribution in [0.4, 0.5) is 4.39 Å². The molecule has 1 amide bonds. The van der Waals surface area contributed by atoms with E-state index in [4.69, 9.17) is 21.1 Å². The lowest BCUT2D eigenvalue weighted by Crippen LogP contribution is -2.54. The van der Waals surface area contributed by atoms with Crippen molar-refractivity contribution >= 4 is 17.5 Å². The van der Waals surface area contributed by atoms with Gasteiger partial charge in [-0.3, -0.25) is 4.79 Å². The normalized spacial score (nSPS) is 14.4. The van der Waals surface area contributed by atoms with Crippen LogP contribution in [0.5, 0.6) is 5.75 Å². The molecule has 126 valence electrons. The lowest BCUT2D eigenvalue weighted by molar-refractivity contribution is -0.0503. The van der Waals surface area contributed by atoms with Gasteiger partial charge < -0.3 is 14.4 Å². The molecule has 1 fully saturated rings. The summed E-state index contributed by atoms with van der Waals surface area (Å²) >= 11 is 5.97. The first kappa shape index (κ1) is 16.7. The molecule has 0 aromatic heterocycles. The molecule has 3 rings (SSSR count). The lowest BCUT2D eigenvalue weighted by Gasteiger charge is -2.39. The predicted molar refractivity (Wildman–Crippen MR) is 88.9 cm³/mol. The molecule has 2 aromatic carbocycles. The van der Waals surface area contributed by atoms with E-state index in [0.717, 1.165) is 5.56 Å². The van der Waals surface area contributed by atoms with Gasteiger partial charge in [-0.15, -0.1) is 0 Å². The first-order valence-corrected chi connectivity index (χ1v) is 7.94. The maximum Gasteiger partial charge on any atom is 0.257 e. The summed E-state index contributed by atoms with van der Waals surface area (Å²) in [5, 5.41) is 0.344. The van der Waals surface area contributed by atoms with Crippen molar-refractivity contribution in [1.29, 1.82) is 0 Å². The first-order chi connectivity index (χ1) is 11.6. The van der Waals surface area contributed by atoms with Crippen LogP contribution in [0.25, 0.3) is 0 Å². The Morgan fingerprint density at radius 3 is 2.75 bits per heavy atom. The highest BCUT2D eigenvalue weighted by atomic mass is 35.5. The molecule has 2 aromatic rings. The number of halogens is 2. The number of carbonyl (C=O) groups excluding carboxylic acids is 1. The van der Waals surface area contributed by atoms with Crippen LogP contribution in [0, 0.1) is 5.82 Å². The highest BCUT2D eigenvalue weighted by molar-refractivity contribution is 6.31. The van der Waals surface area contributed by atoms with Gasteiger partial charge in [-0.2, -0.15) is 0 Å². The second kappa shape index (κ2) is 7.20. The SMILES string of the molecule is COc1ccccc1C(=O)N1CC(OCc2ccc(F)cc2Cl)C1. The molecular formula is C18H17ClFNO3. The Labute approximate surface area is 144 Å². The van der Waals surface area contributed by atoms with E-state index in [9.17, 15) is 9.18 Å². The molecule has 0 saturated carbocycles. The third-order valence-corrected chi connectivity index (χ3v) is 4.31. The molecule has 0 N–H and O–H groups in total. The third-order valence-electron chi connectivity index (χ3n) is 3.96. The number of amides is 1. The minimum absolute atomic E-state index is 0.0511. The third kappa shape index (κ3) is 3.52. The Hall–Kier alpha value is -2.11. The van der Waals surface area contributed by atoms with Gasteiger partial charge in [0.15, 0.2) is 0 Å². The molecule has 1 aliphatic rings. The van der Waals surface area contributed by atoms with Crippen molar-refractivity contribution in [2.24, 2.45) is 0 Å². The van der Waals surface area contributed by atoms with Gasteiger partial charge >= 0.3 is 0 Å². The van der Waals surface area contributed by atoms with Crippen LogP contribution in [-0.2, 0) is 11.3 Å². The van der Waals surface area contributed by atoms with Crippen LogP contribution in [-0.4, -0.2) is 37.1 Å². The van der Waals surface area contributed by atoms with E-state index >= 15 is 0 Å². The van der Waals surface area contributed by atoms with Crippen LogP contribution in [0.3, 0.4) is 0 Å². The molecule has 0 aliphatic carbocycles. The standard InChI is InChI=1S/C18H17ClFNO3/c1-23-17-5-3-2-4-15(17)18(22)21-9-14(10-21)24-11-12-6-7-13(20)8-16(12)19/h2-8,14H,9-11H2,1H3. The van der Waals surface area contributed by atoms with Crippen molar-refractivity contribution in [3.05, 3.63) is 64.4 Å². The van der Waals surface area contributed by atoms with Crippen molar-refractivity contribution in [3.8, 4) is 5.75 Å². The molecule has 0 atom stereocenters. The summed E-state index contributed by atoms with van der Waals surface area (Å²) in [6.45, 7) is 1.31. The summed E-state index contributed by atoms with van der Waals surface area (Å²) in [6, 6.07) is 11.4. The van der Waals surface area contributed by atoms with Crippen LogP contribution >= 0.6 is 11.6 Å². The van der Waals surface area contributed by atoms with E-state index in [1.54, 1.807) is 36.3 Å². The number of methoxy groups -OCH3 is 1. The average Bonchev–Trinajstić information content (AvgIpc) is 2.54. The molecular weight excluding hydrogens is 333 g/mol. The fraction of sp³-hybridized carbons (Fsp3) is 0.278. The summed E-state index contributed by atoms with van der Waals surface area (Å²) in [6.07, 6.45) is -0.0511. The molecule has 0 spiro atoms. The van der Waals surface area contributed by atoms with Crippen molar-refractivity contribution < 1.29 is 18.7 Å². The van der Waals surface area contributed by atoms with Gasteiger partial charge in [0.05, 0.1) is 25.4 Å². The maximum atomic E-state index is 13.0. The molecule has 24 heavy (non-hydrogen) atoms. The number of ether oxygens (including phenoxy) is 2. The predicted octanol–water partition coefficient (Wildman–Crippen LogP) is 3.53. The molecule has 0 unspecified atom stereocenters. The summed E-state index contributed by atoms with van der Waals surface area (Å²) in [7, 11) is 1.54. The van der Waals surface area contributed by atoms with Crippen molar-refractivity contribution in [2.75, 3.05) is 20.2 Å². The van der Waals surface area contributed by atoms with E-state index in [2.05, 4.69) is 0 Å². The Balaban J connectivity index is 1.53.